The molecule has 6 heteroatoms. The Morgan fingerprint density at radius 2 is 1.57 bits per heavy atom. The van der Waals surface area contributed by atoms with Gasteiger partial charge in [0.2, 0.25) is 0 Å². The van der Waals surface area contributed by atoms with Gasteiger partial charge in [-0.3, -0.25) is 4.90 Å². The number of hydrogen-bond donors (Lipinski definition) is 0. The summed E-state index contributed by atoms with van der Waals surface area (Å²) < 4.78 is 24.8. The number of piperidine rings is 1. The third-order valence-corrected chi connectivity index (χ3v) is 7.49. The molecular formula is C29H31NO4S. The zero-order chi connectivity index (χ0) is 24.0. The van der Waals surface area contributed by atoms with E-state index in [4.69, 9.17) is 18.9 Å². The Labute approximate surface area is 210 Å². The highest BCUT2D eigenvalue weighted by Crippen LogP contribution is 2.47. The third-order valence-electron chi connectivity index (χ3n) is 6.34. The van der Waals surface area contributed by atoms with Crippen molar-refractivity contribution in [1.82, 2.24) is 4.90 Å². The molecule has 0 amide bonds. The van der Waals surface area contributed by atoms with Gasteiger partial charge in [-0.05, 0) is 73.8 Å². The number of rotatable bonds is 9. The maximum atomic E-state index is 6.40. The topological polar surface area (TPSA) is 40.2 Å². The van der Waals surface area contributed by atoms with Crippen molar-refractivity contribution in [3.8, 4) is 39.2 Å². The van der Waals surface area contributed by atoms with E-state index in [2.05, 4.69) is 35.2 Å². The van der Waals surface area contributed by atoms with E-state index in [-0.39, 0.29) is 0 Å². The molecule has 1 fully saturated rings. The first-order chi connectivity index (χ1) is 17.2. The van der Waals surface area contributed by atoms with Gasteiger partial charge < -0.3 is 18.9 Å². The number of methoxy groups -OCH3 is 2. The number of likely N-dealkylation sites (tertiary alicyclic amines) is 1. The summed E-state index contributed by atoms with van der Waals surface area (Å²) in [6.07, 6.45) is 3.94. The fraction of sp³-hybridized carbons (Fsp3) is 0.310. The minimum absolute atomic E-state index is 0.624. The van der Waals surface area contributed by atoms with Crippen LogP contribution in [0.1, 0.15) is 19.3 Å². The SMILES string of the molecule is COc1cc(OC)c(Oc2ccc(OCCN3CCCCC3)cc2)c(-c2cc3ccccc3s2)c1. The molecule has 3 aromatic carbocycles. The van der Waals surface area contributed by atoms with E-state index >= 15 is 0 Å². The van der Waals surface area contributed by atoms with Crippen molar-refractivity contribution in [3.63, 3.8) is 0 Å². The largest absolute Gasteiger partial charge is 0.497 e. The van der Waals surface area contributed by atoms with Gasteiger partial charge in [0.15, 0.2) is 11.5 Å². The molecule has 2 heterocycles. The molecule has 0 N–H and O–H groups in total. The van der Waals surface area contributed by atoms with Crippen LogP contribution in [0, 0.1) is 0 Å². The summed E-state index contributed by atoms with van der Waals surface area (Å²) in [6, 6.07) is 22.2. The zero-order valence-electron chi connectivity index (χ0n) is 20.3. The number of fused-ring (bicyclic) bond motifs is 1. The third kappa shape index (κ3) is 5.55. The van der Waals surface area contributed by atoms with E-state index in [0.29, 0.717) is 18.1 Å². The van der Waals surface area contributed by atoms with E-state index in [0.717, 1.165) is 34.2 Å². The number of ether oxygens (including phenoxy) is 4. The van der Waals surface area contributed by atoms with Crippen molar-refractivity contribution in [2.45, 2.75) is 19.3 Å². The smallest absolute Gasteiger partial charge is 0.178 e. The lowest BCUT2D eigenvalue weighted by molar-refractivity contribution is 0.183. The molecule has 1 aromatic heterocycles. The maximum Gasteiger partial charge on any atom is 0.178 e. The molecule has 5 nitrogen and oxygen atoms in total. The van der Waals surface area contributed by atoms with E-state index in [1.54, 1.807) is 25.6 Å². The summed E-state index contributed by atoms with van der Waals surface area (Å²) in [7, 11) is 3.31. The van der Waals surface area contributed by atoms with Gasteiger partial charge in [0.05, 0.1) is 14.2 Å². The highest BCUT2D eigenvalue weighted by molar-refractivity contribution is 7.22. The van der Waals surface area contributed by atoms with Gasteiger partial charge in [0.1, 0.15) is 23.9 Å². The van der Waals surface area contributed by atoms with Gasteiger partial charge in [0, 0.05) is 27.8 Å². The van der Waals surface area contributed by atoms with Crippen LogP contribution >= 0.6 is 11.3 Å². The van der Waals surface area contributed by atoms with Gasteiger partial charge >= 0.3 is 0 Å². The summed E-state index contributed by atoms with van der Waals surface area (Å²) in [5, 5.41) is 1.20. The van der Waals surface area contributed by atoms with E-state index in [9.17, 15) is 0 Å². The number of nitrogens with zero attached hydrogens (tertiary/aromatic N) is 1. The maximum absolute atomic E-state index is 6.40. The average molecular weight is 490 g/mol. The lowest BCUT2D eigenvalue weighted by atomic mass is 10.1. The van der Waals surface area contributed by atoms with Crippen LogP contribution in [0.25, 0.3) is 20.5 Å². The van der Waals surface area contributed by atoms with Gasteiger partial charge in [-0.2, -0.15) is 0 Å². The highest BCUT2D eigenvalue weighted by Gasteiger charge is 2.19. The van der Waals surface area contributed by atoms with Crippen molar-refractivity contribution in [2.75, 3.05) is 40.5 Å². The number of hydrogen-bond acceptors (Lipinski definition) is 6. The predicted molar refractivity (Wildman–Crippen MR) is 143 cm³/mol. The summed E-state index contributed by atoms with van der Waals surface area (Å²) in [4.78, 5) is 3.57. The molecule has 0 spiro atoms. The molecule has 182 valence electrons. The predicted octanol–water partition coefficient (Wildman–Crippen LogP) is 7.24. The fourth-order valence-electron chi connectivity index (χ4n) is 4.45. The average Bonchev–Trinajstić information content (AvgIpc) is 3.34. The molecule has 5 rings (SSSR count). The van der Waals surface area contributed by atoms with Crippen LogP contribution in [0.4, 0.5) is 0 Å². The van der Waals surface area contributed by atoms with Gasteiger partial charge in [-0.25, -0.2) is 0 Å². The lowest BCUT2D eigenvalue weighted by Crippen LogP contribution is -2.33. The van der Waals surface area contributed by atoms with Crippen molar-refractivity contribution in [3.05, 3.63) is 66.7 Å². The monoisotopic (exact) mass is 489 g/mol. The molecule has 0 atom stereocenters. The van der Waals surface area contributed by atoms with Crippen LogP contribution in [-0.2, 0) is 0 Å². The van der Waals surface area contributed by atoms with Crippen LogP contribution in [0.2, 0.25) is 0 Å². The second-order valence-electron chi connectivity index (χ2n) is 8.68. The Hall–Kier alpha value is -3.22. The molecule has 0 aliphatic carbocycles. The Kier molecular flexibility index (Phi) is 7.40. The van der Waals surface area contributed by atoms with Gasteiger partial charge in [-0.15, -0.1) is 11.3 Å². The first-order valence-corrected chi connectivity index (χ1v) is 12.9. The molecule has 35 heavy (non-hydrogen) atoms. The molecule has 1 aliphatic heterocycles. The fourth-order valence-corrected chi connectivity index (χ4v) is 5.52. The standard InChI is InChI=1S/C29H31NO4S/c1-31-24-19-25(28-18-21-8-4-5-9-27(21)35-28)29(26(20-24)32-2)34-23-12-10-22(11-13-23)33-17-16-30-14-6-3-7-15-30/h4-5,8-13,18-20H,3,6-7,14-17H2,1-2H3. The van der Waals surface area contributed by atoms with E-state index < -0.39 is 0 Å². The van der Waals surface area contributed by atoms with Crippen molar-refractivity contribution in [1.29, 1.82) is 0 Å². The normalized spacial score (nSPS) is 14.1. The summed E-state index contributed by atoms with van der Waals surface area (Å²) >= 11 is 1.72. The quantitative estimate of drug-likeness (QED) is 0.248. The molecular weight excluding hydrogens is 458 g/mol. The summed E-state index contributed by atoms with van der Waals surface area (Å²) in [5.41, 5.74) is 0.934. The Morgan fingerprint density at radius 1 is 0.800 bits per heavy atom. The minimum Gasteiger partial charge on any atom is -0.497 e. The van der Waals surface area contributed by atoms with E-state index in [1.165, 1.54) is 42.4 Å². The molecule has 0 unspecified atom stereocenters. The van der Waals surface area contributed by atoms with Crippen molar-refractivity contribution < 1.29 is 18.9 Å². The Bertz CT molecular complexity index is 1230. The van der Waals surface area contributed by atoms with Crippen LogP contribution in [-0.4, -0.2) is 45.4 Å². The van der Waals surface area contributed by atoms with Gasteiger partial charge in [-0.1, -0.05) is 24.6 Å². The van der Waals surface area contributed by atoms with Crippen LogP contribution in [0.15, 0.2) is 66.7 Å². The molecule has 0 bridgehead atoms. The second kappa shape index (κ2) is 11.0. The van der Waals surface area contributed by atoms with E-state index in [1.807, 2.05) is 36.4 Å². The Morgan fingerprint density at radius 3 is 2.31 bits per heavy atom. The van der Waals surface area contributed by atoms with Crippen LogP contribution < -0.4 is 18.9 Å². The van der Waals surface area contributed by atoms with Crippen molar-refractivity contribution in [2.24, 2.45) is 0 Å². The summed E-state index contributed by atoms with van der Waals surface area (Å²) in [5.74, 6) is 3.58. The van der Waals surface area contributed by atoms with Gasteiger partial charge in [0.25, 0.3) is 0 Å². The van der Waals surface area contributed by atoms with Crippen LogP contribution in [0.5, 0.6) is 28.7 Å². The second-order valence-corrected chi connectivity index (χ2v) is 9.76. The molecule has 1 saturated heterocycles. The molecule has 0 radical (unpaired) electrons. The number of benzene rings is 3. The number of thiophene rings is 1. The Balaban J connectivity index is 1.36. The zero-order valence-corrected chi connectivity index (χ0v) is 21.1. The minimum atomic E-state index is 0.624. The highest BCUT2D eigenvalue weighted by atomic mass is 32.1. The molecule has 1 aliphatic rings. The first-order valence-electron chi connectivity index (χ1n) is 12.1. The first kappa shape index (κ1) is 23.5. The lowest BCUT2D eigenvalue weighted by Gasteiger charge is -2.26. The molecule has 4 aromatic rings. The molecule has 0 saturated carbocycles. The van der Waals surface area contributed by atoms with Crippen molar-refractivity contribution >= 4 is 21.4 Å². The van der Waals surface area contributed by atoms with Crippen LogP contribution in [0.3, 0.4) is 0 Å². The summed E-state index contributed by atoms with van der Waals surface area (Å²) in [6.45, 7) is 4.03.